The minimum absolute atomic E-state index is 0.332. The van der Waals surface area contributed by atoms with E-state index in [9.17, 15) is 0 Å². The summed E-state index contributed by atoms with van der Waals surface area (Å²) in [5.41, 5.74) is 0. The highest BCUT2D eigenvalue weighted by Crippen LogP contribution is 2.31. The Morgan fingerprint density at radius 3 is 2.89 bits per heavy atom. The first-order valence-electron chi connectivity index (χ1n) is 7.57. The molecule has 4 heteroatoms. The van der Waals surface area contributed by atoms with Gasteiger partial charge in [0, 0.05) is 31.0 Å². The number of nitrogens with one attached hydrogen (secondary N) is 2. The standard InChI is InChI=1S/C14H28N2OS/c17-9-3-10-18-11-8-16-13-5-1-4-12(13)14-6-2-7-15-14/h12-17H,1-11H2. The fourth-order valence-electron chi connectivity index (χ4n) is 3.39. The average Bonchev–Trinajstić information content (AvgIpc) is 3.03. The van der Waals surface area contributed by atoms with E-state index in [0.717, 1.165) is 36.7 Å². The molecule has 0 aromatic carbocycles. The van der Waals surface area contributed by atoms with Crippen molar-refractivity contribution in [2.75, 3.05) is 31.2 Å². The van der Waals surface area contributed by atoms with Gasteiger partial charge >= 0.3 is 0 Å². The summed E-state index contributed by atoms with van der Waals surface area (Å²) in [5.74, 6) is 3.15. The molecule has 0 aromatic rings. The van der Waals surface area contributed by atoms with E-state index in [2.05, 4.69) is 10.6 Å². The topological polar surface area (TPSA) is 44.3 Å². The van der Waals surface area contributed by atoms with Gasteiger partial charge in [-0.2, -0.15) is 11.8 Å². The zero-order valence-corrected chi connectivity index (χ0v) is 12.2. The van der Waals surface area contributed by atoms with E-state index in [4.69, 9.17) is 5.11 Å². The van der Waals surface area contributed by atoms with E-state index in [1.165, 1.54) is 44.4 Å². The third-order valence-electron chi connectivity index (χ3n) is 4.28. The van der Waals surface area contributed by atoms with Crippen LogP contribution in [0.4, 0.5) is 0 Å². The number of rotatable bonds is 8. The van der Waals surface area contributed by atoms with Crippen LogP contribution in [0.5, 0.6) is 0 Å². The van der Waals surface area contributed by atoms with E-state index in [0.29, 0.717) is 6.61 Å². The summed E-state index contributed by atoms with van der Waals surface area (Å²) in [6.07, 6.45) is 7.86. The Labute approximate surface area is 115 Å². The van der Waals surface area contributed by atoms with Crippen LogP contribution in [0.1, 0.15) is 38.5 Å². The van der Waals surface area contributed by atoms with Crippen LogP contribution in [-0.2, 0) is 0 Å². The van der Waals surface area contributed by atoms with Gasteiger partial charge in [-0.25, -0.2) is 0 Å². The van der Waals surface area contributed by atoms with E-state index >= 15 is 0 Å². The van der Waals surface area contributed by atoms with Gasteiger partial charge in [0.15, 0.2) is 0 Å². The average molecular weight is 272 g/mol. The second kappa shape index (κ2) is 8.41. The Bertz CT molecular complexity index is 222. The first-order valence-corrected chi connectivity index (χ1v) is 8.72. The highest BCUT2D eigenvalue weighted by Gasteiger charge is 2.34. The summed E-state index contributed by atoms with van der Waals surface area (Å²) in [6, 6.07) is 1.53. The van der Waals surface area contributed by atoms with Gasteiger partial charge in [0.25, 0.3) is 0 Å². The maximum Gasteiger partial charge on any atom is 0.0438 e. The Hall–Kier alpha value is 0.230. The van der Waals surface area contributed by atoms with Gasteiger partial charge in [0.1, 0.15) is 0 Å². The molecule has 3 nitrogen and oxygen atoms in total. The van der Waals surface area contributed by atoms with Crippen molar-refractivity contribution in [3.05, 3.63) is 0 Å². The van der Waals surface area contributed by atoms with Crippen molar-refractivity contribution in [3.8, 4) is 0 Å². The highest BCUT2D eigenvalue weighted by atomic mass is 32.2. The number of aliphatic hydroxyl groups excluding tert-OH is 1. The van der Waals surface area contributed by atoms with Crippen molar-refractivity contribution in [1.29, 1.82) is 0 Å². The molecule has 0 aromatic heterocycles. The van der Waals surface area contributed by atoms with Crippen molar-refractivity contribution < 1.29 is 5.11 Å². The fourth-order valence-corrected chi connectivity index (χ4v) is 4.19. The lowest BCUT2D eigenvalue weighted by molar-refractivity contribution is 0.296. The van der Waals surface area contributed by atoms with Gasteiger partial charge in [-0.15, -0.1) is 0 Å². The maximum absolute atomic E-state index is 8.72. The Kier molecular flexibility index (Phi) is 6.84. The van der Waals surface area contributed by atoms with E-state index in [-0.39, 0.29) is 0 Å². The molecule has 0 bridgehead atoms. The molecule has 0 spiro atoms. The molecule has 3 atom stereocenters. The van der Waals surface area contributed by atoms with Crippen molar-refractivity contribution >= 4 is 11.8 Å². The van der Waals surface area contributed by atoms with Gasteiger partial charge in [-0.05, 0) is 50.3 Å². The zero-order chi connectivity index (χ0) is 12.6. The van der Waals surface area contributed by atoms with Gasteiger partial charge in [-0.1, -0.05) is 6.42 Å². The Balaban J connectivity index is 1.59. The van der Waals surface area contributed by atoms with E-state index in [1.807, 2.05) is 11.8 Å². The molecule has 3 N–H and O–H groups in total. The zero-order valence-electron chi connectivity index (χ0n) is 11.4. The van der Waals surface area contributed by atoms with Gasteiger partial charge in [-0.3, -0.25) is 0 Å². The number of hydrogen-bond donors (Lipinski definition) is 3. The summed E-state index contributed by atoms with van der Waals surface area (Å²) < 4.78 is 0. The molecule has 1 aliphatic carbocycles. The molecule has 3 unspecified atom stereocenters. The lowest BCUT2D eigenvalue weighted by atomic mass is 9.93. The molecular weight excluding hydrogens is 244 g/mol. The largest absolute Gasteiger partial charge is 0.396 e. The van der Waals surface area contributed by atoms with Crippen molar-refractivity contribution in [3.63, 3.8) is 0 Å². The summed E-state index contributed by atoms with van der Waals surface area (Å²) in [7, 11) is 0. The molecule has 1 saturated heterocycles. The highest BCUT2D eigenvalue weighted by molar-refractivity contribution is 7.99. The normalized spacial score (nSPS) is 32.2. The van der Waals surface area contributed by atoms with Crippen molar-refractivity contribution in [1.82, 2.24) is 10.6 Å². The summed E-state index contributed by atoms with van der Waals surface area (Å²) >= 11 is 1.96. The molecule has 2 fully saturated rings. The van der Waals surface area contributed by atoms with Crippen LogP contribution in [0.2, 0.25) is 0 Å². The molecule has 106 valence electrons. The summed E-state index contributed by atoms with van der Waals surface area (Å²) in [5, 5.41) is 16.2. The van der Waals surface area contributed by atoms with Crippen LogP contribution >= 0.6 is 11.8 Å². The predicted octanol–water partition coefficient (Wildman–Crippen LogP) is 1.61. The van der Waals surface area contributed by atoms with Crippen molar-refractivity contribution in [2.45, 2.75) is 50.6 Å². The van der Waals surface area contributed by atoms with Crippen LogP contribution in [0, 0.1) is 5.92 Å². The molecule has 0 radical (unpaired) electrons. The molecule has 1 aliphatic heterocycles. The Morgan fingerprint density at radius 1 is 1.17 bits per heavy atom. The molecule has 18 heavy (non-hydrogen) atoms. The fraction of sp³-hybridized carbons (Fsp3) is 1.00. The van der Waals surface area contributed by atoms with Crippen LogP contribution < -0.4 is 10.6 Å². The third kappa shape index (κ3) is 4.41. The SMILES string of the molecule is OCCCSCCNC1CCCC1C1CCCN1. The number of hydrogen-bond acceptors (Lipinski definition) is 4. The number of aliphatic hydroxyl groups is 1. The smallest absolute Gasteiger partial charge is 0.0438 e. The van der Waals surface area contributed by atoms with E-state index < -0.39 is 0 Å². The lowest BCUT2D eigenvalue weighted by Crippen LogP contribution is -2.42. The lowest BCUT2D eigenvalue weighted by Gasteiger charge is -2.26. The van der Waals surface area contributed by atoms with Crippen LogP contribution in [-0.4, -0.2) is 48.4 Å². The summed E-state index contributed by atoms with van der Waals surface area (Å²) in [6.45, 7) is 2.69. The molecular formula is C14H28N2OS. The van der Waals surface area contributed by atoms with Crippen molar-refractivity contribution in [2.24, 2.45) is 5.92 Å². The predicted molar refractivity (Wildman–Crippen MR) is 79.2 cm³/mol. The molecule has 2 aliphatic rings. The second-order valence-corrected chi connectivity index (χ2v) is 6.77. The second-order valence-electron chi connectivity index (χ2n) is 5.55. The quantitative estimate of drug-likeness (QED) is 0.588. The third-order valence-corrected chi connectivity index (χ3v) is 5.35. The molecule has 1 heterocycles. The molecule has 1 saturated carbocycles. The maximum atomic E-state index is 8.72. The first-order chi connectivity index (χ1) is 8.92. The Morgan fingerprint density at radius 2 is 2.11 bits per heavy atom. The van der Waals surface area contributed by atoms with Gasteiger partial charge < -0.3 is 15.7 Å². The first kappa shape index (κ1) is 14.6. The molecule has 2 rings (SSSR count). The van der Waals surface area contributed by atoms with E-state index in [1.54, 1.807) is 0 Å². The number of thioether (sulfide) groups is 1. The van der Waals surface area contributed by atoms with Crippen LogP contribution in [0.25, 0.3) is 0 Å². The van der Waals surface area contributed by atoms with Crippen LogP contribution in [0.3, 0.4) is 0 Å². The van der Waals surface area contributed by atoms with Crippen LogP contribution in [0.15, 0.2) is 0 Å². The van der Waals surface area contributed by atoms with Gasteiger partial charge in [0.05, 0.1) is 0 Å². The summed E-state index contributed by atoms with van der Waals surface area (Å²) in [4.78, 5) is 0. The monoisotopic (exact) mass is 272 g/mol. The molecule has 0 amide bonds. The minimum Gasteiger partial charge on any atom is -0.396 e. The minimum atomic E-state index is 0.332. The van der Waals surface area contributed by atoms with Gasteiger partial charge in [0.2, 0.25) is 0 Å².